The normalized spacial score (nSPS) is 14.8. The molecular weight excluding hydrogens is 274 g/mol. The van der Waals surface area contributed by atoms with Gasteiger partial charge in [0.15, 0.2) is 5.84 Å². The molecule has 7 heteroatoms. The van der Waals surface area contributed by atoms with Gasteiger partial charge in [0, 0.05) is 26.3 Å². The molecule has 7 nitrogen and oxygen atoms in total. The van der Waals surface area contributed by atoms with Gasteiger partial charge in [0.25, 0.3) is 0 Å². The van der Waals surface area contributed by atoms with Crippen LogP contribution < -0.4 is 5.73 Å². The molecule has 1 unspecified atom stereocenters. The number of amides is 1. The third-order valence-electron chi connectivity index (χ3n) is 3.56. The van der Waals surface area contributed by atoms with Crippen LogP contribution in [0.1, 0.15) is 34.1 Å². The van der Waals surface area contributed by atoms with Crippen LogP contribution in [0.2, 0.25) is 0 Å². The van der Waals surface area contributed by atoms with Crippen LogP contribution in [-0.4, -0.2) is 61.4 Å². The van der Waals surface area contributed by atoms with Gasteiger partial charge in [-0.05, 0) is 27.2 Å². The zero-order valence-electron chi connectivity index (χ0n) is 13.6. The Bertz CT molecular complexity index is 326. The first-order chi connectivity index (χ1) is 9.97. The molecular formula is C14H29N3O4. The number of nitrogens with zero attached hydrogens (tertiary/aromatic N) is 2. The van der Waals surface area contributed by atoms with Gasteiger partial charge in [0.1, 0.15) is 5.41 Å². The van der Waals surface area contributed by atoms with Crippen LogP contribution in [0.25, 0.3) is 0 Å². The van der Waals surface area contributed by atoms with Gasteiger partial charge in [-0.3, -0.25) is 4.79 Å². The maximum Gasteiger partial charge on any atom is 0.236 e. The highest BCUT2D eigenvalue weighted by atomic mass is 16.5. The van der Waals surface area contributed by atoms with Gasteiger partial charge < -0.3 is 25.3 Å². The Labute approximate surface area is 127 Å². The zero-order valence-corrected chi connectivity index (χ0v) is 13.6. The fraction of sp³-hybridized carbons (Fsp3) is 0.857. The Morgan fingerprint density at radius 1 is 1.19 bits per heavy atom. The molecule has 0 aromatic carbocycles. The van der Waals surface area contributed by atoms with Gasteiger partial charge in [-0.2, -0.15) is 0 Å². The monoisotopic (exact) mass is 303 g/mol. The summed E-state index contributed by atoms with van der Waals surface area (Å²) in [6.45, 7) is 10.3. The van der Waals surface area contributed by atoms with Crippen molar-refractivity contribution in [3.63, 3.8) is 0 Å². The van der Waals surface area contributed by atoms with E-state index in [2.05, 4.69) is 5.16 Å². The number of oxime groups is 1. The first-order valence-corrected chi connectivity index (χ1v) is 7.40. The summed E-state index contributed by atoms with van der Waals surface area (Å²) < 4.78 is 10.6. The number of rotatable bonds is 11. The average molecular weight is 303 g/mol. The van der Waals surface area contributed by atoms with Crippen LogP contribution >= 0.6 is 0 Å². The Morgan fingerprint density at radius 2 is 1.67 bits per heavy atom. The van der Waals surface area contributed by atoms with Crippen molar-refractivity contribution in [2.45, 2.75) is 34.1 Å². The SMILES string of the molecule is CCOCCN(CCOCC)C(=O)C(C)(CC)C(N)=NO. The predicted molar refractivity (Wildman–Crippen MR) is 81.4 cm³/mol. The molecule has 0 aliphatic rings. The molecule has 3 N–H and O–H groups in total. The van der Waals surface area contributed by atoms with Crippen LogP contribution in [0.4, 0.5) is 0 Å². The second-order valence-electron chi connectivity index (χ2n) is 4.86. The lowest BCUT2D eigenvalue weighted by atomic mass is 9.84. The van der Waals surface area contributed by atoms with Gasteiger partial charge in [-0.1, -0.05) is 12.1 Å². The Kier molecular flexibility index (Phi) is 9.73. The quantitative estimate of drug-likeness (QED) is 0.195. The molecule has 0 aromatic heterocycles. The molecule has 0 saturated carbocycles. The predicted octanol–water partition coefficient (Wildman–Crippen LogP) is 1.05. The summed E-state index contributed by atoms with van der Waals surface area (Å²) in [5.41, 5.74) is 4.68. The summed E-state index contributed by atoms with van der Waals surface area (Å²) in [4.78, 5) is 14.4. The largest absolute Gasteiger partial charge is 0.409 e. The average Bonchev–Trinajstić information content (AvgIpc) is 2.51. The maximum atomic E-state index is 12.7. The van der Waals surface area contributed by atoms with E-state index >= 15 is 0 Å². The highest BCUT2D eigenvalue weighted by Gasteiger charge is 2.39. The molecule has 0 rings (SSSR count). The van der Waals surface area contributed by atoms with E-state index in [-0.39, 0.29) is 11.7 Å². The Hall–Kier alpha value is -1.34. The highest BCUT2D eigenvalue weighted by Crippen LogP contribution is 2.24. The third kappa shape index (κ3) is 5.89. The summed E-state index contributed by atoms with van der Waals surface area (Å²) in [6, 6.07) is 0. The number of hydrogen-bond donors (Lipinski definition) is 2. The minimum atomic E-state index is -1.02. The molecule has 0 aliphatic heterocycles. The number of carbonyl (C=O) groups is 1. The first kappa shape index (κ1) is 19.7. The smallest absolute Gasteiger partial charge is 0.236 e. The molecule has 0 spiro atoms. The van der Waals surface area contributed by atoms with Crippen molar-refractivity contribution in [3.8, 4) is 0 Å². The van der Waals surface area contributed by atoms with E-state index in [1.54, 1.807) is 11.8 Å². The first-order valence-electron chi connectivity index (χ1n) is 7.40. The number of nitrogens with two attached hydrogens (primary N) is 1. The molecule has 0 radical (unpaired) electrons. The van der Waals surface area contributed by atoms with Crippen molar-refractivity contribution in [1.29, 1.82) is 0 Å². The fourth-order valence-corrected chi connectivity index (χ4v) is 1.85. The van der Waals surface area contributed by atoms with E-state index in [0.29, 0.717) is 45.9 Å². The maximum absolute atomic E-state index is 12.7. The van der Waals surface area contributed by atoms with E-state index in [4.69, 9.17) is 20.4 Å². The molecule has 0 saturated heterocycles. The summed E-state index contributed by atoms with van der Waals surface area (Å²) in [7, 11) is 0. The van der Waals surface area contributed by atoms with Gasteiger partial charge in [0.2, 0.25) is 5.91 Å². The highest BCUT2D eigenvalue weighted by molar-refractivity contribution is 6.06. The minimum Gasteiger partial charge on any atom is -0.409 e. The van der Waals surface area contributed by atoms with Crippen LogP contribution in [0.15, 0.2) is 5.16 Å². The molecule has 21 heavy (non-hydrogen) atoms. The van der Waals surface area contributed by atoms with E-state index in [1.165, 1.54) is 0 Å². The molecule has 0 aliphatic carbocycles. The fourth-order valence-electron chi connectivity index (χ4n) is 1.85. The lowest BCUT2D eigenvalue weighted by Gasteiger charge is -2.33. The molecule has 0 fully saturated rings. The second kappa shape index (κ2) is 10.4. The molecule has 124 valence electrons. The van der Waals surface area contributed by atoms with Crippen molar-refractivity contribution in [2.75, 3.05) is 39.5 Å². The lowest BCUT2D eigenvalue weighted by Crippen LogP contribution is -2.51. The van der Waals surface area contributed by atoms with Crippen molar-refractivity contribution >= 4 is 11.7 Å². The van der Waals surface area contributed by atoms with E-state index in [9.17, 15) is 4.79 Å². The number of carbonyl (C=O) groups excluding carboxylic acids is 1. The molecule has 0 bridgehead atoms. The van der Waals surface area contributed by atoms with E-state index in [1.807, 2.05) is 20.8 Å². The second-order valence-corrected chi connectivity index (χ2v) is 4.86. The van der Waals surface area contributed by atoms with Gasteiger partial charge >= 0.3 is 0 Å². The summed E-state index contributed by atoms with van der Waals surface area (Å²) in [5, 5.41) is 11.9. The number of hydrogen-bond acceptors (Lipinski definition) is 5. The lowest BCUT2D eigenvalue weighted by molar-refractivity contribution is -0.139. The van der Waals surface area contributed by atoms with E-state index < -0.39 is 5.41 Å². The van der Waals surface area contributed by atoms with Crippen LogP contribution in [0, 0.1) is 5.41 Å². The standard InChI is InChI=1S/C14H29N3O4/c1-5-14(4,12(15)16-19)13(18)17(8-10-20-6-2)9-11-21-7-3/h19H,5-11H2,1-4H3,(H2,15,16). The zero-order chi connectivity index (χ0) is 16.3. The van der Waals surface area contributed by atoms with Crippen molar-refractivity contribution < 1.29 is 19.5 Å². The summed E-state index contributed by atoms with van der Waals surface area (Å²) >= 11 is 0. The van der Waals surface area contributed by atoms with Crippen molar-refractivity contribution in [1.82, 2.24) is 4.90 Å². The van der Waals surface area contributed by atoms with Crippen LogP contribution in [0.5, 0.6) is 0 Å². The van der Waals surface area contributed by atoms with Crippen LogP contribution in [-0.2, 0) is 14.3 Å². The van der Waals surface area contributed by atoms with Crippen LogP contribution in [0.3, 0.4) is 0 Å². The summed E-state index contributed by atoms with van der Waals surface area (Å²) in [6.07, 6.45) is 0.446. The van der Waals surface area contributed by atoms with E-state index in [0.717, 1.165) is 0 Å². The molecule has 1 amide bonds. The van der Waals surface area contributed by atoms with Crippen molar-refractivity contribution in [3.05, 3.63) is 0 Å². The number of amidine groups is 1. The van der Waals surface area contributed by atoms with Crippen molar-refractivity contribution in [2.24, 2.45) is 16.3 Å². The third-order valence-corrected chi connectivity index (χ3v) is 3.56. The minimum absolute atomic E-state index is 0.0761. The van der Waals surface area contributed by atoms with Gasteiger partial charge in [-0.25, -0.2) is 0 Å². The Balaban J connectivity index is 4.95. The summed E-state index contributed by atoms with van der Waals surface area (Å²) in [5.74, 6) is -0.257. The van der Waals surface area contributed by atoms with Gasteiger partial charge in [-0.15, -0.1) is 0 Å². The van der Waals surface area contributed by atoms with Gasteiger partial charge in [0.05, 0.1) is 13.2 Å². The topological polar surface area (TPSA) is 97.4 Å². The molecule has 0 heterocycles. The molecule has 0 aromatic rings. The number of ether oxygens (including phenoxy) is 2. The molecule has 1 atom stereocenters. The Morgan fingerprint density at radius 3 is 2.00 bits per heavy atom.